The summed E-state index contributed by atoms with van der Waals surface area (Å²) in [7, 11) is -2.65. The summed E-state index contributed by atoms with van der Waals surface area (Å²) in [6, 6.07) is 3.06. The van der Waals surface area contributed by atoms with Gasteiger partial charge in [-0.15, -0.1) is 0 Å². The van der Waals surface area contributed by atoms with E-state index in [4.69, 9.17) is 5.11 Å². The first-order chi connectivity index (χ1) is 8.36. The molecule has 1 rings (SSSR count). The SMILES string of the molecule is COc1cc(S(=O)(=O)NCCC(=O)O)ccc1F. The molecule has 0 spiro atoms. The number of rotatable bonds is 6. The highest BCUT2D eigenvalue weighted by molar-refractivity contribution is 7.89. The van der Waals surface area contributed by atoms with E-state index in [9.17, 15) is 17.6 Å². The summed E-state index contributed by atoms with van der Waals surface area (Å²) in [6.07, 6.45) is -0.336. The Bertz CT molecular complexity index is 543. The van der Waals surface area contributed by atoms with Gasteiger partial charge in [0.15, 0.2) is 11.6 Å². The van der Waals surface area contributed by atoms with E-state index in [1.807, 2.05) is 0 Å². The molecule has 0 radical (unpaired) electrons. The van der Waals surface area contributed by atoms with Gasteiger partial charge in [-0.2, -0.15) is 0 Å². The van der Waals surface area contributed by atoms with Crippen molar-refractivity contribution >= 4 is 16.0 Å². The molecule has 1 aromatic rings. The fraction of sp³-hybridized carbons (Fsp3) is 0.300. The summed E-state index contributed by atoms with van der Waals surface area (Å²) in [5.74, 6) is -1.99. The van der Waals surface area contributed by atoms with Crippen molar-refractivity contribution < 1.29 is 27.4 Å². The number of carboxylic acids is 1. The van der Waals surface area contributed by atoms with Crippen molar-refractivity contribution in [2.75, 3.05) is 13.7 Å². The summed E-state index contributed by atoms with van der Waals surface area (Å²) in [5, 5.41) is 8.40. The van der Waals surface area contributed by atoms with Gasteiger partial charge in [-0.05, 0) is 12.1 Å². The lowest BCUT2D eigenvalue weighted by Crippen LogP contribution is -2.26. The quantitative estimate of drug-likeness (QED) is 0.793. The Hall–Kier alpha value is -1.67. The number of benzene rings is 1. The number of nitrogens with one attached hydrogen (secondary N) is 1. The van der Waals surface area contributed by atoms with Crippen LogP contribution in [0.5, 0.6) is 5.75 Å². The molecular weight excluding hydrogens is 265 g/mol. The Kier molecular flexibility index (Phi) is 4.62. The monoisotopic (exact) mass is 277 g/mol. The standard InChI is InChI=1S/C10H12FNO5S/c1-17-9-6-7(2-3-8(9)11)18(15,16)12-5-4-10(13)14/h2-3,6,12H,4-5H2,1H3,(H,13,14). The van der Waals surface area contributed by atoms with Gasteiger partial charge in [0.1, 0.15) is 0 Å². The van der Waals surface area contributed by atoms with Crippen LogP contribution in [-0.4, -0.2) is 33.1 Å². The maximum absolute atomic E-state index is 13.1. The predicted octanol–water partition coefficient (Wildman–Crippen LogP) is 0.587. The van der Waals surface area contributed by atoms with Crippen LogP contribution in [0.3, 0.4) is 0 Å². The Morgan fingerprint density at radius 2 is 2.17 bits per heavy atom. The maximum atomic E-state index is 13.1. The molecule has 0 saturated carbocycles. The molecule has 0 aliphatic rings. The highest BCUT2D eigenvalue weighted by Gasteiger charge is 2.16. The minimum absolute atomic E-state index is 0.189. The number of carbonyl (C=O) groups is 1. The van der Waals surface area contributed by atoms with E-state index in [1.165, 1.54) is 7.11 Å². The molecule has 0 saturated heterocycles. The Labute approximate surface area is 103 Å². The molecule has 0 aliphatic heterocycles. The summed E-state index contributed by atoms with van der Waals surface area (Å²) in [6.45, 7) is -0.239. The lowest BCUT2D eigenvalue weighted by atomic mass is 10.3. The molecule has 0 unspecified atom stereocenters. The van der Waals surface area contributed by atoms with Gasteiger partial charge in [-0.25, -0.2) is 17.5 Å². The molecule has 1 aromatic carbocycles. The molecule has 8 heteroatoms. The molecule has 0 heterocycles. The van der Waals surface area contributed by atoms with E-state index in [-0.39, 0.29) is 23.6 Å². The van der Waals surface area contributed by atoms with Crippen molar-refractivity contribution in [3.63, 3.8) is 0 Å². The van der Waals surface area contributed by atoms with Gasteiger partial charge >= 0.3 is 5.97 Å². The van der Waals surface area contributed by atoms with E-state index in [0.717, 1.165) is 18.2 Å². The van der Waals surface area contributed by atoms with Gasteiger partial charge in [0, 0.05) is 12.6 Å². The van der Waals surface area contributed by atoms with Crippen LogP contribution in [0.25, 0.3) is 0 Å². The van der Waals surface area contributed by atoms with E-state index >= 15 is 0 Å². The zero-order valence-corrected chi connectivity index (χ0v) is 10.3. The molecule has 0 amide bonds. The molecule has 0 aromatic heterocycles. The summed E-state index contributed by atoms with van der Waals surface area (Å²) < 4.78 is 43.3. The largest absolute Gasteiger partial charge is 0.494 e. The number of ether oxygens (including phenoxy) is 1. The third kappa shape index (κ3) is 3.67. The summed E-state index contributed by atoms with van der Waals surface area (Å²) in [5.41, 5.74) is 0. The second-order valence-electron chi connectivity index (χ2n) is 3.34. The van der Waals surface area contributed by atoms with Crippen LogP contribution in [0.2, 0.25) is 0 Å². The molecule has 100 valence electrons. The molecule has 2 N–H and O–H groups in total. The van der Waals surface area contributed by atoms with Crippen molar-refractivity contribution in [2.45, 2.75) is 11.3 Å². The molecule has 0 fully saturated rings. The van der Waals surface area contributed by atoms with Crippen molar-refractivity contribution in [1.29, 1.82) is 0 Å². The van der Waals surface area contributed by atoms with Crippen molar-refractivity contribution in [3.8, 4) is 5.75 Å². The van der Waals surface area contributed by atoms with Gasteiger partial charge in [0.25, 0.3) is 0 Å². The van der Waals surface area contributed by atoms with Crippen molar-refractivity contribution in [2.24, 2.45) is 0 Å². The van der Waals surface area contributed by atoms with Gasteiger partial charge in [-0.1, -0.05) is 0 Å². The number of sulfonamides is 1. The first kappa shape index (κ1) is 14.4. The Morgan fingerprint density at radius 3 is 2.72 bits per heavy atom. The first-order valence-corrected chi connectivity index (χ1v) is 6.40. The molecule has 0 atom stereocenters. The molecule has 6 nitrogen and oxygen atoms in total. The second-order valence-corrected chi connectivity index (χ2v) is 5.10. The fourth-order valence-corrected chi connectivity index (χ4v) is 2.23. The van der Waals surface area contributed by atoms with Crippen LogP contribution in [-0.2, 0) is 14.8 Å². The zero-order valence-electron chi connectivity index (χ0n) is 9.51. The zero-order chi connectivity index (χ0) is 13.8. The lowest BCUT2D eigenvalue weighted by molar-refractivity contribution is -0.136. The fourth-order valence-electron chi connectivity index (χ4n) is 1.18. The normalized spacial score (nSPS) is 11.2. The topological polar surface area (TPSA) is 92.7 Å². The highest BCUT2D eigenvalue weighted by Crippen LogP contribution is 2.21. The highest BCUT2D eigenvalue weighted by atomic mass is 32.2. The number of aliphatic carboxylic acids is 1. The third-order valence-corrected chi connectivity index (χ3v) is 3.52. The maximum Gasteiger partial charge on any atom is 0.304 e. The first-order valence-electron chi connectivity index (χ1n) is 4.92. The second kappa shape index (κ2) is 5.78. The van der Waals surface area contributed by atoms with E-state index in [2.05, 4.69) is 9.46 Å². The Morgan fingerprint density at radius 1 is 1.50 bits per heavy atom. The summed E-state index contributed by atoms with van der Waals surface area (Å²) in [4.78, 5) is 10.1. The minimum Gasteiger partial charge on any atom is -0.494 e. The molecule has 18 heavy (non-hydrogen) atoms. The molecule has 0 bridgehead atoms. The van der Waals surface area contributed by atoms with Crippen LogP contribution >= 0.6 is 0 Å². The van der Waals surface area contributed by atoms with Crippen molar-refractivity contribution in [3.05, 3.63) is 24.0 Å². The summed E-state index contributed by atoms with van der Waals surface area (Å²) >= 11 is 0. The van der Waals surface area contributed by atoms with Gasteiger partial charge in [0.05, 0.1) is 18.4 Å². The average molecular weight is 277 g/mol. The van der Waals surface area contributed by atoms with E-state index in [0.29, 0.717) is 0 Å². The third-order valence-electron chi connectivity index (χ3n) is 2.06. The number of hydrogen-bond acceptors (Lipinski definition) is 4. The van der Waals surface area contributed by atoms with Crippen LogP contribution in [0.15, 0.2) is 23.1 Å². The van der Waals surface area contributed by atoms with Crippen molar-refractivity contribution in [1.82, 2.24) is 4.72 Å². The predicted molar refractivity (Wildman–Crippen MR) is 60.4 cm³/mol. The van der Waals surface area contributed by atoms with Gasteiger partial charge in [-0.3, -0.25) is 4.79 Å². The van der Waals surface area contributed by atoms with Crippen LogP contribution in [0.1, 0.15) is 6.42 Å². The molecular formula is C10H12FNO5S. The lowest BCUT2D eigenvalue weighted by Gasteiger charge is -2.07. The average Bonchev–Trinajstić information content (AvgIpc) is 2.28. The minimum atomic E-state index is -3.87. The van der Waals surface area contributed by atoms with Gasteiger partial charge < -0.3 is 9.84 Å². The number of halogens is 1. The van der Waals surface area contributed by atoms with E-state index in [1.54, 1.807) is 0 Å². The van der Waals surface area contributed by atoms with Crippen LogP contribution < -0.4 is 9.46 Å². The smallest absolute Gasteiger partial charge is 0.304 e. The number of methoxy groups -OCH3 is 1. The van der Waals surface area contributed by atoms with E-state index < -0.39 is 21.8 Å². The number of carboxylic acid groups (broad SMARTS) is 1. The van der Waals surface area contributed by atoms with Crippen LogP contribution in [0, 0.1) is 5.82 Å². The van der Waals surface area contributed by atoms with Gasteiger partial charge in [0.2, 0.25) is 10.0 Å². The number of hydrogen-bond donors (Lipinski definition) is 2. The van der Waals surface area contributed by atoms with Crippen LogP contribution in [0.4, 0.5) is 4.39 Å². The molecule has 0 aliphatic carbocycles. The Balaban J connectivity index is 2.88.